The number of nitrogens with zero attached hydrogens (tertiary/aromatic N) is 1. The summed E-state index contributed by atoms with van der Waals surface area (Å²) >= 11 is 0. The zero-order valence-corrected chi connectivity index (χ0v) is 16.4. The Bertz CT molecular complexity index is 744. The lowest BCUT2D eigenvalue weighted by molar-refractivity contribution is -0.116. The molecule has 2 aromatic rings. The molecule has 0 radical (unpaired) electrons. The van der Waals surface area contributed by atoms with E-state index in [1.807, 2.05) is 12.1 Å². The minimum atomic E-state index is -0.0388. The first-order valence-electron chi connectivity index (χ1n) is 9.98. The van der Waals surface area contributed by atoms with Crippen LogP contribution >= 0.6 is 0 Å². The highest BCUT2D eigenvalue weighted by Gasteiger charge is 2.23. The van der Waals surface area contributed by atoms with Gasteiger partial charge in [-0.2, -0.15) is 0 Å². The van der Waals surface area contributed by atoms with E-state index in [0.29, 0.717) is 12.5 Å². The number of nitrogens with one attached hydrogen (secondary N) is 1. The molecule has 1 fully saturated rings. The van der Waals surface area contributed by atoms with Gasteiger partial charge in [0.05, 0.1) is 6.04 Å². The lowest BCUT2D eigenvalue weighted by Gasteiger charge is -2.28. The Morgan fingerprint density at radius 1 is 1.00 bits per heavy atom. The van der Waals surface area contributed by atoms with Gasteiger partial charge in [-0.05, 0) is 54.6 Å². The van der Waals surface area contributed by atoms with Gasteiger partial charge in [0.1, 0.15) is 0 Å². The van der Waals surface area contributed by atoms with Gasteiger partial charge in [-0.25, -0.2) is 0 Å². The first-order chi connectivity index (χ1) is 13.1. The first kappa shape index (κ1) is 19.4. The average Bonchev–Trinajstić information content (AvgIpc) is 3.22. The van der Waals surface area contributed by atoms with Gasteiger partial charge in [-0.1, -0.05) is 68.4 Å². The maximum absolute atomic E-state index is 12.3. The minimum absolute atomic E-state index is 0.0388. The summed E-state index contributed by atoms with van der Waals surface area (Å²) in [4.78, 5) is 14.8. The number of hydrogen-bond acceptors (Lipinski definition) is 2. The van der Waals surface area contributed by atoms with Crippen LogP contribution in [0, 0.1) is 0 Å². The van der Waals surface area contributed by atoms with Gasteiger partial charge in [0, 0.05) is 12.6 Å². The highest BCUT2D eigenvalue weighted by Crippen LogP contribution is 2.24. The summed E-state index contributed by atoms with van der Waals surface area (Å²) in [6.07, 6.45) is 6.00. The van der Waals surface area contributed by atoms with Crippen LogP contribution in [0.4, 0.5) is 0 Å². The number of hydrogen-bond donors (Lipinski definition) is 1. The van der Waals surface area contributed by atoms with Crippen LogP contribution in [0.5, 0.6) is 0 Å². The second kappa shape index (κ2) is 9.52. The molecular weight excluding hydrogens is 332 g/mol. The number of rotatable bonds is 7. The molecule has 0 aliphatic carbocycles. The summed E-state index contributed by atoms with van der Waals surface area (Å²) in [6.45, 7) is 7.21. The molecule has 3 heteroatoms. The Kier molecular flexibility index (Phi) is 6.83. The SMILES string of the molecule is CC(C)c1ccc(/C=C/C(=O)NCC(c2ccccc2)N2CCCC2)cc1. The van der Waals surface area contributed by atoms with E-state index >= 15 is 0 Å². The zero-order valence-electron chi connectivity index (χ0n) is 16.4. The highest BCUT2D eigenvalue weighted by atomic mass is 16.1. The van der Waals surface area contributed by atoms with Crippen molar-refractivity contribution in [3.63, 3.8) is 0 Å². The van der Waals surface area contributed by atoms with Crippen molar-refractivity contribution in [2.45, 2.75) is 38.6 Å². The summed E-state index contributed by atoms with van der Waals surface area (Å²) in [6, 6.07) is 19.1. The molecule has 1 N–H and O–H groups in total. The van der Waals surface area contributed by atoms with Crippen LogP contribution in [0.15, 0.2) is 60.7 Å². The lowest BCUT2D eigenvalue weighted by Crippen LogP contribution is -2.36. The van der Waals surface area contributed by atoms with Crippen molar-refractivity contribution in [3.05, 3.63) is 77.4 Å². The van der Waals surface area contributed by atoms with Crippen molar-refractivity contribution >= 4 is 12.0 Å². The molecule has 1 saturated heterocycles. The van der Waals surface area contributed by atoms with Gasteiger partial charge in [0.15, 0.2) is 0 Å². The molecule has 1 amide bonds. The van der Waals surface area contributed by atoms with Gasteiger partial charge in [0.25, 0.3) is 0 Å². The molecule has 2 aromatic carbocycles. The fourth-order valence-electron chi connectivity index (χ4n) is 3.61. The second-order valence-electron chi connectivity index (χ2n) is 7.57. The molecule has 27 heavy (non-hydrogen) atoms. The van der Waals surface area contributed by atoms with Gasteiger partial charge in [-0.15, -0.1) is 0 Å². The van der Waals surface area contributed by atoms with Crippen molar-refractivity contribution in [2.24, 2.45) is 0 Å². The van der Waals surface area contributed by atoms with Gasteiger partial charge >= 0.3 is 0 Å². The van der Waals surface area contributed by atoms with Crippen LogP contribution < -0.4 is 5.32 Å². The molecule has 1 aliphatic heterocycles. The van der Waals surface area contributed by atoms with E-state index in [4.69, 9.17) is 0 Å². The van der Waals surface area contributed by atoms with E-state index in [-0.39, 0.29) is 11.9 Å². The Hall–Kier alpha value is -2.39. The maximum atomic E-state index is 12.3. The van der Waals surface area contributed by atoms with Gasteiger partial charge < -0.3 is 5.32 Å². The fraction of sp³-hybridized carbons (Fsp3) is 0.375. The lowest BCUT2D eigenvalue weighted by atomic mass is 10.0. The van der Waals surface area contributed by atoms with Crippen molar-refractivity contribution in [2.75, 3.05) is 19.6 Å². The molecule has 142 valence electrons. The van der Waals surface area contributed by atoms with Crippen LogP contribution in [0.25, 0.3) is 6.08 Å². The largest absolute Gasteiger partial charge is 0.351 e. The number of likely N-dealkylation sites (tertiary alicyclic amines) is 1. The highest BCUT2D eigenvalue weighted by molar-refractivity contribution is 5.91. The second-order valence-corrected chi connectivity index (χ2v) is 7.57. The summed E-state index contributed by atoms with van der Waals surface area (Å²) < 4.78 is 0. The molecule has 3 nitrogen and oxygen atoms in total. The van der Waals surface area contributed by atoms with Crippen LogP contribution in [-0.4, -0.2) is 30.4 Å². The minimum Gasteiger partial charge on any atom is -0.351 e. The molecule has 1 heterocycles. The standard InChI is InChI=1S/C24H30N2O/c1-19(2)21-13-10-20(11-14-21)12-15-24(27)25-18-23(26-16-6-7-17-26)22-8-4-3-5-9-22/h3-5,8-15,19,23H,6-7,16-18H2,1-2H3,(H,25,27)/b15-12+. The monoisotopic (exact) mass is 362 g/mol. The molecule has 1 unspecified atom stereocenters. The summed E-state index contributed by atoms with van der Waals surface area (Å²) in [7, 11) is 0. The van der Waals surface area contributed by atoms with E-state index in [9.17, 15) is 4.79 Å². The molecule has 0 saturated carbocycles. The predicted octanol–water partition coefficient (Wildman–Crippen LogP) is 4.78. The third-order valence-corrected chi connectivity index (χ3v) is 5.27. The van der Waals surface area contributed by atoms with E-state index in [1.54, 1.807) is 6.08 Å². The van der Waals surface area contributed by atoms with Crippen molar-refractivity contribution < 1.29 is 4.79 Å². The molecule has 3 rings (SSSR count). The van der Waals surface area contributed by atoms with Crippen LogP contribution in [0.1, 0.15) is 55.3 Å². The first-order valence-corrected chi connectivity index (χ1v) is 9.98. The molecule has 0 aromatic heterocycles. The summed E-state index contributed by atoms with van der Waals surface area (Å²) in [5.74, 6) is 0.481. The van der Waals surface area contributed by atoms with E-state index in [1.165, 1.54) is 24.0 Å². The van der Waals surface area contributed by atoms with Crippen LogP contribution in [-0.2, 0) is 4.79 Å². The number of benzene rings is 2. The Balaban J connectivity index is 1.58. The van der Waals surface area contributed by atoms with E-state index in [2.05, 4.69) is 72.6 Å². The van der Waals surface area contributed by atoms with Crippen LogP contribution in [0.2, 0.25) is 0 Å². The molecule has 1 aliphatic rings. The van der Waals surface area contributed by atoms with E-state index < -0.39 is 0 Å². The van der Waals surface area contributed by atoms with Gasteiger partial charge in [0.2, 0.25) is 5.91 Å². The molecule has 1 atom stereocenters. The normalized spacial score (nSPS) is 16.1. The Morgan fingerprint density at radius 2 is 1.67 bits per heavy atom. The topological polar surface area (TPSA) is 32.3 Å². The predicted molar refractivity (Wildman–Crippen MR) is 113 cm³/mol. The third-order valence-electron chi connectivity index (χ3n) is 5.27. The summed E-state index contributed by atoms with van der Waals surface area (Å²) in [5, 5.41) is 3.09. The molecular formula is C24H30N2O. The smallest absolute Gasteiger partial charge is 0.244 e. The van der Waals surface area contributed by atoms with Crippen molar-refractivity contribution in [1.82, 2.24) is 10.2 Å². The Morgan fingerprint density at radius 3 is 2.30 bits per heavy atom. The van der Waals surface area contributed by atoms with Gasteiger partial charge in [-0.3, -0.25) is 9.69 Å². The van der Waals surface area contributed by atoms with Crippen molar-refractivity contribution in [3.8, 4) is 0 Å². The van der Waals surface area contributed by atoms with Crippen LogP contribution in [0.3, 0.4) is 0 Å². The Labute approximate surface area is 163 Å². The fourth-order valence-corrected chi connectivity index (χ4v) is 3.61. The summed E-state index contributed by atoms with van der Waals surface area (Å²) in [5.41, 5.74) is 3.63. The average molecular weight is 363 g/mol. The molecule has 0 bridgehead atoms. The zero-order chi connectivity index (χ0) is 19.1. The quantitative estimate of drug-likeness (QED) is 0.719. The van der Waals surface area contributed by atoms with E-state index in [0.717, 1.165) is 18.7 Å². The number of carbonyl (C=O) groups excluding carboxylic acids is 1. The van der Waals surface area contributed by atoms with Crippen molar-refractivity contribution in [1.29, 1.82) is 0 Å². The number of carbonyl (C=O) groups is 1. The maximum Gasteiger partial charge on any atom is 0.244 e. The third kappa shape index (κ3) is 5.54. The molecule has 0 spiro atoms. The number of amides is 1.